The predicted molar refractivity (Wildman–Crippen MR) is 110 cm³/mol. The van der Waals surface area contributed by atoms with Crippen LogP contribution in [0, 0.1) is 17.0 Å². The van der Waals surface area contributed by atoms with Crippen molar-refractivity contribution in [3.8, 4) is 11.5 Å². The highest BCUT2D eigenvalue weighted by atomic mass is 35.5. The molecule has 29 heavy (non-hydrogen) atoms. The molecule has 7 nitrogen and oxygen atoms in total. The lowest BCUT2D eigenvalue weighted by Gasteiger charge is -2.07. The van der Waals surface area contributed by atoms with E-state index in [1.54, 1.807) is 18.2 Å². The quantitative estimate of drug-likeness (QED) is 0.350. The highest BCUT2D eigenvalue weighted by Gasteiger charge is 2.17. The fraction of sp³-hybridized carbons (Fsp3) is 0.0476. The maximum absolute atomic E-state index is 12.6. The first-order valence-corrected chi connectivity index (χ1v) is 9.01. The van der Waals surface area contributed by atoms with Crippen molar-refractivity contribution in [1.29, 1.82) is 0 Å². The minimum Gasteiger partial charge on any atom is -0.436 e. The molecular formula is C21H14ClN3O4. The summed E-state index contributed by atoms with van der Waals surface area (Å²) in [7, 11) is 0. The Labute approximate surface area is 170 Å². The van der Waals surface area contributed by atoms with Crippen LogP contribution in [-0.2, 0) is 0 Å². The Kier molecular flexibility index (Phi) is 4.74. The molecule has 0 atom stereocenters. The van der Waals surface area contributed by atoms with Gasteiger partial charge in [0, 0.05) is 23.4 Å². The summed E-state index contributed by atoms with van der Waals surface area (Å²) < 4.78 is 5.80. The van der Waals surface area contributed by atoms with E-state index in [0.717, 1.165) is 17.1 Å². The molecule has 0 aliphatic rings. The number of oxazole rings is 1. The number of rotatable bonds is 4. The molecule has 0 spiro atoms. The average Bonchev–Trinajstić information content (AvgIpc) is 3.11. The number of amides is 1. The summed E-state index contributed by atoms with van der Waals surface area (Å²) in [6, 6.07) is 16.4. The number of fused-ring (bicyclic) bond motifs is 1. The summed E-state index contributed by atoms with van der Waals surface area (Å²) >= 11 is 6.04. The van der Waals surface area contributed by atoms with Crippen molar-refractivity contribution >= 4 is 40.0 Å². The normalized spacial score (nSPS) is 10.8. The lowest BCUT2D eigenvalue weighted by Crippen LogP contribution is -2.12. The number of anilines is 1. The highest BCUT2D eigenvalue weighted by Crippen LogP contribution is 2.28. The number of nitrogens with one attached hydrogen (secondary N) is 1. The Hall–Kier alpha value is -3.71. The van der Waals surface area contributed by atoms with Crippen LogP contribution in [0.3, 0.4) is 0 Å². The summed E-state index contributed by atoms with van der Waals surface area (Å²) in [5.74, 6) is -0.126. The van der Waals surface area contributed by atoms with E-state index >= 15 is 0 Å². The van der Waals surface area contributed by atoms with Gasteiger partial charge in [-0.3, -0.25) is 14.9 Å². The molecule has 0 radical (unpaired) electrons. The second kappa shape index (κ2) is 7.37. The molecule has 3 aromatic carbocycles. The van der Waals surface area contributed by atoms with Crippen LogP contribution in [0.5, 0.6) is 0 Å². The minimum absolute atomic E-state index is 0.0172. The SMILES string of the molecule is Cc1ccc2oc(-c3cccc(NC(=O)c4cc([N+](=O)[O-])ccc4Cl)c3)nc2c1. The van der Waals surface area contributed by atoms with E-state index in [4.69, 9.17) is 16.0 Å². The number of hydrogen-bond acceptors (Lipinski definition) is 5. The molecule has 0 fully saturated rings. The van der Waals surface area contributed by atoms with Crippen molar-refractivity contribution in [3.05, 3.63) is 86.9 Å². The zero-order chi connectivity index (χ0) is 20.5. The maximum Gasteiger partial charge on any atom is 0.270 e. The largest absolute Gasteiger partial charge is 0.436 e. The third-order valence-electron chi connectivity index (χ3n) is 4.32. The molecule has 1 heterocycles. The first kappa shape index (κ1) is 18.6. The van der Waals surface area contributed by atoms with Crippen LogP contribution in [0.15, 0.2) is 65.1 Å². The number of non-ortho nitro benzene ring substituents is 1. The fourth-order valence-electron chi connectivity index (χ4n) is 2.89. The Morgan fingerprint density at radius 3 is 2.76 bits per heavy atom. The lowest BCUT2D eigenvalue weighted by atomic mass is 10.1. The number of aromatic nitrogens is 1. The van der Waals surface area contributed by atoms with Crippen LogP contribution in [-0.4, -0.2) is 15.8 Å². The van der Waals surface area contributed by atoms with Gasteiger partial charge in [-0.25, -0.2) is 4.98 Å². The van der Waals surface area contributed by atoms with Crippen LogP contribution in [0.25, 0.3) is 22.6 Å². The molecule has 0 aliphatic heterocycles. The molecule has 0 saturated heterocycles. The van der Waals surface area contributed by atoms with Crippen LogP contribution in [0.1, 0.15) is 15.9 Å². The summed E-state index contributed by atoms with van der Waals surface area (Å²) in [5, 5.41) is 13.8. The van der Waals surface area contributed by atoms with Crippen LogP contribution in [0.4, 0.5) is 11.4 Å². The molecule has 0 unspecified atom stereocenters. The van der Waals surface area contributed by atoms with E-state index in [1.807, 2.05) is 31.2 Å². The zero-order valence-corrected chi connectivity index (χ0v) is 15.9. The summed E-state index contributed by atoms with van der Waals surface area (Å²) in [4.78, 5) is 27.4. The first-order valence-electron chi connectivity index (χ1n) is 8.63. The number of hydrogen-bond donors (Lipinski definition) is 1. The number of benzene rings is 3. The molecule has 0 aliphatic carbocycles. The summed E-state index contributed by atoms with van der Waals surface area (Å²) in [5.41, 5.74) is 3.46. The number of halogens is 1. The Morgan fingerprint density at radius 1 is 1.14 bits per heavy atom. The molecule has 0 bridgehead atoms. The Morgan fingerprint density at radius 2 is 1.97 bits per heavy atom. The van der Waals surface area contributed by atoms with Gasteiger partial charge >= 0.3 is 0 Å². The van der Waals surface area contributed by atoms with Crippen molar-refractivity contribution in [2.75, 3.05) is 5.32 Å². The number of nitro groups is 1. The van der Waals surface area contributed by atoms with Crippen molar-refractivity contribution in [2.24, 2.45) is 0 Å². The second-order valence-electron chi connectivity index (χ2n) is 6.45. The van der Waals surface area contributed by atoms with Crippen molar-refractivity contribution in [2.45, 2.75) is 6.92 Å². The van der Waals surface area contributed by atoms with E-state index in [-0.39, 0.29) is 16.3 Å². The summed E-state index contributed by atoms with van der Waals surface area (Å²) in [6.45, 7) is 1.98. The van der Waals surface area contributed by atoms with E-state index in [0.29, 0.717) is 22.7 Å². The zero-order valence-electron chi connectivity index (χ0n) is 15.2. The monoisotopic (exact) mass is 407 g/mol. The predicted octanol–water partition coefficient (Wildman–Crippen LogP) is 5.62. The van der Waals surface area contributed by atoms with Crippen molar-refractivity contribution < 1.29 is 14.1 Å². The summed E-state index contributed by atoms with van der Waals surface area (Å²) in [6.07, 6.45) is 0. The molecule has 1 N–H and O–H groups in total. The molecule has 8 heteroatoms. The molecule has 4 rings (SSSR count). The van der Waals surface area contributed by atoms with E-state index in [9.17, 15) is 14.9 Å². The van der Waals surface area contributed by atoms with Gasteiger partial charge in [0.25, 0.3) is 11.6 Å². The van der Waals surface area contributed by atoms with E-state index < -0.39 is 10.8 Å². The number of carbonyl (C=O) groups excluding carboxylic acids is 1. The standard InChI is InChI=1S/C21H14ClN3O4/c1-12-5-8-19-18(9-12)24-21(29-19)13-3-2-4-14(10-13)23-20(26)16-11-15(25(27)28)6-7-17(16)22/h2-11H,1H3,(H,23,26). The highest BCUT2D eigenvalue weighted by molar-refractivity contribution is 6.34. The third-order valence-corrected chi connectivity index (χ3v) is 4.65. The lowest BCUT2D eigenvalue weighted by molar-refractivity contribution is -0.384. The number of carbonyl (C=O) groups is 1. The smallest absolute Gasteiger partial charge is 0.270 e. The van der Waals surface area contributed by atoms with Gasteiger partial charge in [0.05, 0.1) is 15.5 Å². The molecular weight excluding hydrogens is 394 g/mol. The van der Waals surface area contributed by atoms with Gasteiger partial charge in [-0.2, -0.15) is 0 Å². The van der Waals surface area contributed by atoms with Gasteiger partial charge in [-0.05, 0) is 48.9 Å². The van der Waals surface area contributed by atoms with Crippen molar-refractivity contribution in [1.82, 2.24) is 4.98 Å². The number of nitrogens with zero attached hydrogens (tertiary/aromatic N) is 2. The van der Waals surface area contributed by atoms with Gasteiger partial charge in [-0.15, -0.1) is 0 Å². The van der Waals surface area contributed by atoms with Gasteiger partial charge in [0.2, 0.25) is 5.89 Å². The molecule has 144 valence electrons. The van der Waals surface area contributed by atoms with E-state index in [1.165, 1.54) is 12.1 Å². The first-order chi connectivity index (χ1) is 13.9. The molecule has 1 aromatic heterocycles. The molecule has 1 amide bonds. The fourth-order valence-corrected chi connectivity index (χ4v) is 3.09. The second-order valence-corrected chi connectivity index (χ2v) is 6.85. The van der Waals surface area contributed by atoms with Crippen LogP contribution < -0.4 is 5.32 Å². The molecule has 0 saturated carbocycles. The number of nitro benzene ring substituents is 1. The van der Waals surface area contributed by atoms with Crippen LogP contribution >= 0.6 is 11.6 Å². The topological polar surface area (TPSA) is 98.3 Å². The third kappa shape index (κ3) is 3.81. The van der Waals surface area contributed by atoms with Gasteiger partial charge in [0.1, 0.15) is 5.52 Å². The Balaban J connectivity index is 1.63. The number of aryl methyl sites for hydroxylation is 1. The van der Waals surface area contributed by atoms with Gasteiger partial charge < -0.3 is 9.73 Å². The van der Waals surface area contributed by atoms with E-state index in [2.05, 4.69) is 10.3 Å². The van der Waals surface area contributed by atoms with Gasteiger partial charge in [-0.1, -0.05) is 23.7 Å². The minimum atomic E-state index is -0.581. The maximum atomic E-state index is 12.6. The van der Waals surface area contributed by atoms with Crippen LogP contribution in [0.2, 0.25) is 5.02 Å². The van der Waals surface area contributed by atoms with Gasteiger partial charge in [0.15, 0.2) is 5.58 Å². The Bertz CT molecular complexity index is 1270. The molecule has 4 aromatic rings. The van der Waals surface area contributed by atoms with Crippen molar-refractivity contribution in [3.63, 3.8) is 0 Å². The average molecular weight is 408 g/mol.